The van der Waals surface area contributed by atoms with Gasteiger partial charge in [-0.2, -0.15) is 8.42 Å². The molecule has 0 saturated carbocycles. The first-order valence-electron chi connectivity index (χ1n) is 9.42. The molecule has 0 heterocycles. The van der Waals surface area contributed by atoms with Crippen molar-refractivity contribution in [3.63, 3.8) is 0 Å². The summed E-state index contributed by atoms with van der Waals surface area (Å²) < 4.78 is 35.0. The van der Waals surface area contributed by atoms with Crippen molar-refractivity contribution >= 4 is 24.2 Å². The van der Waals surface area contributed by atoms with Crippen molar-refractivity contribution in [1.29, 1.82) is 0 Å². The van der Waals surface area contributed by atoms with Crippen molar-refractivity contribution in [3.8, 4) is 0 Å². The summed E-state index contributed by atoms with van der Waals surface area (Å²) in [4.78, 5) is 10.2. The maximum Gasteiger partial charge on any atom is 0.330 e. The van der Waals surface area contributed by atoms with Gasteiger partial charge >= 0.3 is 5.97 Å². The number of hydrogen-bond acceptors (Lipinski definition) is 3. The molecule has 0 aliphatic rings. The van der Waals surface area contributed by atoms with Gasteiger partial charge in [0.05, 0.1) is 12.9 Å². The molecule has 0 bridgehead atoms. The van der Waals surface area contributed by atoms with Crippen molar-refractivity contribution in [2.45, 2.75) is 89.7 Å². The standard InChI is InChI=1S/C19H38O5SSi/c1-14(2)12-26(13-15(3)4,19(6,7)8)17(25(22,23)24)11-9-10-16(5)18(20)21/h14-15,17H,5,9-13H2,1-4,6-8H3,(H,20,21)(H,22,23,24). The number of carbonyl (C=O) groups is 1. The summed E-state index contributed by atoms with van der Waals surface area (Å²) in [5, 5.41) is 8.77. The molecular weight excluding hydrogens is 368 g/mol. The zero-order valence-electron chi connectivity index (χ0n) is 17.5. The van der Waals surface area contributed by atoms with Crippen LogP contribution < -0.4 is 0 Å². The molecule has 1 unspecified atom stereocenters. The van der Waals surface area contributed by atoms with Crippen LogP contribution in [0.2, 0.25) is 17.1 Å². The normalized spacial score (nSPS) is 14.7. The Morgan fingerprint density at radius 3 is 1.77 bits per heavy atom. The third-order valence-corrected chi connectivity index (χ3v) is 16.1. The largest absolute Gasteiger partial charge is 0.478 e. The SMILES string of the molecule is C=C(CCCC([Si](CC(C)C)(CC(C)C)C(C)(C)C)S(=O)(=O)O)C(=O)O. The summed E-state index contributed by atoms with van der Waals surface area (Å²) >= 11 is 0. The van der Waals surface area contributed by atoms with E-state index in [9.17, 15) is 17.8 Å². The Morgan fingerprint density at radius 1 is 1.08 bits per heavy atom. The number of carboxylic acid groups (broad SMARTS) is 1. The van der Waals surface area contributed by atoms with Crippen molar-refractivity contribution in [3.05, 3.63) is 12.2 Å². The lowest BCUT2D eigenvalue weighted by Gasteiger charge is -2.49. The molecule has 0 aliphatic carbocycles. The van der Waals surface area contributed by atoms with E-state index in [1.54, 1.807) is 0 Å². The second kappa shape index (κ2) is 9.51. The van der Waals surface area contributed by atoms with Gasteiger partial charge < -0.3 is 5.11 Å². The van der Waals surface area contributed by atoms with Crippen molar-refractivity contribution < 1.29 is 22.9 Å². The Balaban J connectivity index is 6.02. The van der Waals surface area contributed by atoms with Crippen LogP contribution in [0.5, 0.6) is 0 Å². The van der Waals surface area contributed by atoms with Crippen molar-refractivity contribution in [2.24, 2.45) is 11.8 Å². The van der Waals surface area contributed by atoms with Gasteiger partial charge in [0.25, 0.3) is 10.1 Å². The van der Waals surface area contributed by atoms with Crippen LogP contribution in [-0.2, 0) is 14.9 Å². The average molecular weight is 407 g/mol. The van der Waals surface area contributed by atoms with Gasteiger partial charge in [0.2, 0.25) is 0 Å². The smallest absolute Gasteiger partial charge is 0.330 e. The molecule has 26 heavy (non-hydrogen) atoms. The van der Waals surface area contributed by atoms with E-state index in [0.29, 0.717) is 18.3 Å². The van der Waals surface area contributed by atoms with Gasteiger partial charge in [0, 0.05) is 5.57 Å². The van der Waals surface area contributed by atoms with E-state index in [0.717, 1.165) is 12.1 Å². The molecule has 7 heteroatoms. The first-order chi connectivity index (χ1) is 11.5. The second-order valence-corrected chi connectivity index (χ2v) is 16.7. The summed E-state index contributed by atoms with van der Waals surface area (Å²) in [5.74, 6) is -0.396. The minimum Gasteiger partial charge on any atom is -0.478 e. The first kappa shape index (κ1) is 25.3. The number of aliphatic carboxylic acids is 1. The Bertz CT molecular complexity index is 578. The highest BCUT2D eigenvalue weighted by molar-refractivity contribution is 7.88. The second-order valence-electron chi connectivity index (χ2n) is 9.41. The molecule has 0 amide bonds. The van der Waals surface area contributed by atoms with E-state index < -0.39 is 29.0 Å². The highest BCUT2D eigenvalue weighted by atomic mass is 32.2. The lowest BCUT2D eigenvalue weighted by atomic mass is 10.1. The van der Waals surface area contributed by atoms with Crippen molar-refractivity contribution in [2.75, 3.05) is 0 Å². The minimum absolute atomic E-state index is 0.0785. The molecule has 0 aliphatic heterocycles. The molecule has 0 rings (SSSR count). The lowest BCUT2D eigenvalue weighted by Crippen LogP contribution is -2.59. The van der Waals surface area contributed by atoms with Crippen LogP contribution in [0.15, 0.2) is 12.2 Å². The third kappa shape index (κ3) is 7.16. The minimum atomic E-state index is -4.23. The van der Waals surface area contributed by atoms with Gasteiger partial charge in [-0.25, -0.2) is 4.79 Å². The third-order valence-electron chi connectivity index (χ3n) is 5.26. The quantitative estimate of drug-likeness (QED) is 0.281. The highest BCUT2D eigenvalue weighted by Gasteiger charge is 2.54. The summed E-state index contributed by atoms with van der Waals surface area (Å²) in [6, 6.07) is 1.64. The number of rotatable bonds is 11. The van der Waals surface area contributed by atoms with Gasteiger partial charge in [-0.15, -0.1) is 0 Å². The fraction of sp³-hybridized carbons (Fsp3) is 0.842. The first-order valence-corrected chi connectivity index (χ1v) is 13.4. The summed E-state index contributed by atoms with van der Waals surface area (Å²) in [6.07, 6.45) is 0.921. The van der Waals surface area contributed by atoms with Gasteiger partial charge in [-0.3, -0.25) is 4.55 Å². The van der Waals surface area contributed by atoms with Crippen LogP contribution in [0.3, 0.4) is 0 Å². The van der Waals surface area contributed by atoms with Crippen LogP contribution in [0.1, 0.15) is 67.7 Å². The fourth-order valence-electron chi connectivity index (χ4n) is 4.22. The predicted octanol–water partition coefficient (Wildman–Crippen LogP) is 5.15. The number of carboxylic acids is 1. The van der Waals surface area contributed by atoms with Crippen LogP contribution >= 0.6 is 0 Å². The zero-order chi connectivity index (χ0) is 20.9. The van der Waals surface area contributed by atoms with Gasteiger partial charge in [0.1, 0.15) is 0 Å². The monoisotopic (exact) mass is 406 g/mol. The Kier molecular flexibility index (Phi) is 9.27. The molecule has 154 valence electrons. The highest BCUT2D eigenvalue weighted by Crippen LogP contribution is 2.49. The molecule has 1 atom stereocenters. The number of hydrogen-bond donors (Lipinski definition) is 2. The average Bonchev–Trinajstić information content (AvgIpc) is 2.38. The molecular formula is C19H38O5SSi. The van der Waals surface area contributed by atoms with Gasteiger partial charge in [0.15, 0.2) is 0 Å². The van der Waals surface area contributed by atoms with Gasteiger partial charge in [-0.1, -0.05) is 67.1 Å². The molecule has 0 fully saturated rings. The van der Waals surface area contributed by atoms with E-state index >= 15 is 0 Å². The van der Waals surface area contributed by atoms with Crippen LogP contribution in [0.4, 0.5) is 0 Å². The van der Waals surface area contributed by atoms with Crippen LogP contribution in [0.25, 0.3) is 0 Å². The molecule has 5 nitrogen and oxygen atoms in total. The zero-order valence-corrected chi connectivity index (χ0v) is 19.3. The molecule has 0 spiro atoms. The van der Waals surface area contributed by atoms with E-state index in [1.807, 2.05) is 0 Å². The van der Waals surface area contributed by atoms with Crippen LogP contribution in [-0.4, -0.2) is 37.0 Å². The molecule has 2 N–H and O–H groups in total. The summed E-state index contributed by atoms with van der Waals surface area (Å²) in [7, 11) is -6.73. The van der Waals surface area contributed by atoms with E-state index in [2.05, 4.69) is 55.0 Å². The fourth-order valence-corrected chi connectivity index (χ4v) is 15.2. The van der Waals surface area contributed by atoms with Crippen LogP contribution in [0, 0.1) is 11.8 Å². The predicted molar refractivity (Wildman–Crippen MR) is 111 cm³/mol. The summed E-state index contributed by atoms with van der Waals surface area (Å²) in [5.41, 5.74) is 0.0785. The van der Waals surface area contributed by atoms with E-state index in [-0.39, 0.29) is 23.5 Å². The molecule has 0 radical (unpaired) electrons. The Labute approximate surface area is 161 Å². The Hall–Kier alpha value is -0.663. The van der Waals surface area contributed by atoms with Crippen molar-refractivity contribution in [1.82, 2.24) is 0 Å². The maximum atomic E-state index is 12.4. The molecule has 0 aromatic carbocycles. The maximum absolute atomic E-state index is 12.4. The molecule has 0 saturated heterocycles. The van der Waals surface area contributed by atoms with Gasteiger partial charge in [-0.05, 0) is 36.1 Å². The van der Waals surface area contributed by atoms with E-state index in [1.165, 1.54) is 0 Å². The lowest BCUT2D eigenvalue weighted by molar-refractivity contribution is -0.132. The summed E-state index contributed by atoms with van der Waals surface area (Å²) in [6.45, 7) is 18.2. The van der Waals surface area contributed by atoms with E-state index in [4.69, 9.17) is 5.11 Å². The molecule has 0 aromatic heterocycles. The molecule has 0 aromatic rings. The Morgan fingerprint density at radius 2 is 1.50 bits per heavy atom. The topological polar surface area (TPSA) is 91.7 Å².